The van der Waals surface area contributed by atoms with E-state index in [0.717, 1.165) is 24.8 Å². The second-order valence-electron chi connectivity index (χ2n) is 10.7. The minimum atomic E-state index is -3.60. The van der Waals surface area contributed by atoms with Crippen LogP contribution in [-0.2, 0) is 14.4 Å². The van der Waals surface area contributed by atoms with Gasteiger partial charge in [-0.1, -0.05) is 61.8 Å². The van der Waals surface area contributed by atoms with E-state index in [1.807, 2.05) is 19.1 Å². The Morgan fingerprint density at radius 1 is 1.10 bits per heavy atom. The van der Waals surface area contributed by atoms with Crippen LogP contribution in [0, 0.1) is 12.8 Å². The summed E-state index contributed by atoms with van der Waals surface area (Å²) in [6, 6.07) is 7.07. The zero-order chi connectivity index (χ0) is 23.0. The van der Waals surface area contributed by atoms with Gasteiger partial charge in [0, 0.05) is 12.5 Å². The molecule has 0 bridgehead atoms. The van der Waals surface area contributed by atoms with E-state index in [0.29, 0.717) is 18.0 Å². The third kappa shape index (κ3) is 5.08. The molecule has 0 aromatic heterocycles. The number of fused-ring (bicyclic) bond motifs is 1. The first kappa shape index (κ1) is 24.4. The first-order valence-electron chi connectivity index (χ1n) is 11.4. The van der Waals surface area contributed by atoms with Crippen LogP contribution in [0.2, 0.25) is 18.1 Å². The van der Waals surface area contributed by atoms with E-state index >= 15 is 0 Å². The van der Waals surface area contributed by atoms with E-state index in [9.17, 15) is 8.42 Å². The summed E-state index contributed by atoms with van der Waals surface area (Å²) in [7, 11) is -5.59. The van der Waals surface area contributed by atoms with Crippen molar-refractivity contribution in [2.45, 2.75) is 83.0 Å². The monoisotopic (exact) mass is 461 g/mol. The van der Waals surface area contributed by atoms with E-state index in [1.54, 1.807) is 16.4 Å². The van der Waals surface area contributed by atoms with E-state index < -0.39 is 18.3 Å². The number of sulfonamides is 1. The van der Waals surface area contributed by atoms with Gasteiger partial charge >= 0.3 is 0 Å². The third-order valence-electron chi connectivity index (χ3n) is 7.44. The lowest BCUT2D eigenvalue weighted by molar-refractivity contribution is 0.188. The Morgan fingerprint density at radius 3 is 2.35 bits per heavy atom. The molecule has 0 radical (unpaired) electrons. The summed E-state index contributed by atoms with van der Waals surface area (Å²) < 4.78 is 35.8. The quantitative estimate of drug-likeness (QED) is 0.395. The Bertz CT molecular complexity index is 955. The second-order valence-corrected chi connectivity index (χ2v) is 17.4. The van der Waals surface area contributed by atoms with Crippen molar-refractivity contribution in [3.8, 4) is 0 Å². The van der Waals surface area contributed by atoms with E-state index in [1.165, 1.54) is 11.1 Å². The van der Waals surface area contributed by atoms with Gasteiger partial charge in [0.15, 0.2) is 8.32 Å². The fourth-order valence-electron chi connectivity index (χ4n) is 4.26. The number of allylic oxidation sites excluding steroid dienone is 3. The van der Waals surface area contributed by atoms with Gasteiger partial charge in [0.25, 0.3) is 0 Å². The summed E-state index contributed by atoms with van der Waals surface area (Å²) in [4.78, 5) is 0.376. The van der Waals surface area contributed by atoms with Crippen LogP contribution in [0.25, 0.3) is 0 Å². The van der Waals surface area contributed by atoms with Gasteiger partial charge in [-0.25, -0.2) is 8.42 Å². The highest BCUT2D eigenvalue weighted by Gasteiger charge is 2.46. The molecule has 31 heavy (non-hydrogen) atoms. The Morgan fingerprint density at radius 2 is 1.74 bits per heavy atom. The topological polar surface area (TPSA) is 46.6 Å². The number of aryl methyl sites for hydroxylation is 1. The van der Waals surface area contributed by atoms with Crippen molar-refractivity contribution in [3.63, 3.8) is 0 Å². The molecule has 0 unspecified atom stereocenters. The molecule has 1 heterocycles. The van der Waals surface area contributed by atoms with Crippen molar-refractivity contribution in [3.05, 3.63) is 53.1 Å². The maximum absolute atomic E-state index is 13.7. The number of rotatable bonds is 5. The summed E-state index contributed by atoms with van der Waals surface area (Å²) in [5.74, 6) is 0.218. The molecule has 0 saturated carbocycles. The fourth-order valence-corrected chi connectivity index (χ4v) is 6.90. The minimum Gasteiger partial charge on any atom is -0.415 e. The second kappa shape index (κ2) is 8.97. The van der Waals surface area contributed by atoms with Crippen molar-refractivity contribution in [1.82, 2.24) is 4.31 Å². The lowest BCUT2D eigenvalue weighted by Crippen LogP contribution is -2.47. The van der Waals surface area contributed by atoms with Crippen LogP contribution >= 0.6 is 0 Å². The van der Waals surface area contributed by atoms with Gasteiger partial charge in [0.1, 0.15) is 0 Å². The molecule has 6 heteroatoms. The van der Waals surface area contributed by atoms with Gasteiger partial charge in [-0.2, -0.15) is 4.31 Å². The summed E-state index contributed by atoms with van der Waals surface area (Å²) in [6.45, 7) is 16.2. The van der Waals surface area contributed by atoms with Gasteiger partial charge in [0.2, 0.25) is 10.0 Å². The minimum absolute atomic E-state index is 0.0878. The molecule has 0 amide bonds. The molecule has 1 aliphatic carbocycles. The lowest BCUT2D eigenvalue weighted by Gasteiger charge is -2.38. The molecule has 1 saturated heterocycles. The summed E-state index contributed by atoms with van der Waals surface area (Å²) >= 11 is 0. The first-order chi connectivity index (χ1) is 14.3. The van der Waals surface area contributed by atoms with Crippen LogP contribution < -0.4 is 0 Å². The van der Waals surface area contributed by atoms with Crippen LogP contribution in [0.3, 0.4) is 0 Å². The Hall–Kier alpha value is -1.21. The van der Waals surface area contributed by atoms with Crippen LogP contribution in [0.15, 0.2) is 52.5 Å². The smallest absolute Gasteiger partial charge is 0.243 e. The predicted molar refractivity (Wildman–Crippen MR) is 131 cm³/mol. The molecule has 172 valence electrons. The third-order valence-corrected chi connectivity index (χ3v) is 13.8. The predicted octanol–water partition coefficient (Wildman–Crippen LogP) is 6.06. The van der Waals surface area contributed by atoms with Crippen molar-refractivity contribution in [2.24, 2.45) is 5.92 Å². The number of nitrogens with zero attached hydrogens (tertiary/aromatic N) is 1. The summed E-state index contributed by atoms with van der Waals surface area (Å²) in [5.41, 5.74) is 3.66. The molecule has 1 aromatic carbocycles. The standard InChI is InChI=1S/C25H39NO3SSi/c1-19-13-15-21(16-14-19)30(27,28)26-17-23-20(2)11-9-8-10-12-22(23)24(26)18-29-31(6,7)25(3,4)5/h8-9,13-16,22,24H,10-12,17-18H2,1-7H3/b9-8-,23-20-/t22-,24+/m0/s1. The van der Waals surface area contributed by atoms with Crippen molar-refractivity contribution in [2.75, 3.05) is 13.2 Å². The number of hydrogen-bond acceptors (Lipinski definition) is 3. The molecular weight excluding hydrogens is 422 g/mol. The molecule has 1 aliphatic heterocycles. The highest BCUT2D eigenvalue weighted by molar-refractivity contribution is 7.89. The van der Waals surface area contributed by atoms with Gasteiger partial charge in [-0.3, -0.25) is 0 Å². The molecule has 1 fully saturated rings. The molecule has 1 aromatic rings. The van der Waals surface area contributed by atoms with Crippen LogP contribution in [0.4, 0.5) is 0 Å². The van der Waals surface area contributed by atoms with E-state index in [4.69, 9.17) is 4.43 Å². The maximum Gasteiger partial charge on any atom is 0.243 e. The molecule has 0 N–H and O–H groups in total. The maximum atomic E-state index is 13.7. The number of hydrogen-bond donors (Lipinski definition) is 0. The zero-order valence-corrected chi connectivity index (χ0v) is 22.1. The molecule has 2 aliphatic rings. The Kier molecular flexibility index (Phi) is 7.07. The fraction of sp³-hybridized carbons (Fsp3) is 0.600. The van der Waals surface area contributed by atoms with E-state index in [-0.39, 0.29) is 17.0 Å². The summed E-state index contributed by atoms with van der Waals surface area (Å²) in [5, 5.41) is 0.0878. The average Bonchev–Trinajstić information content (AvgIpc) is 3.02. The highest BCUT2D eigenvalue weighted by Crippen LogP contribution is 2.42. The Labute approximate surface area is 190 Å². The van der Waals surface area contributed by atoms with Crippen molar-refractivity contribution >= 4 is 18.3 Å². The highest BCUT2D eigenvalue weighted by atomic mass is 32.2. The normalized spacial score (nSPS) is 26.9. The van der Waals surface area contributed by atoms with Gasteiger partial charge < -0.3 is 4.43 Å². The van der Waals surface area contributed by atoms with Crippen molar-refractivity contribution < 1.29 is 12.8 Å². The van der Waals surface area contributed by atoms with Gasteiger partial charge in [0.05, 0.1) is 17.5 Å². The number of benzene rings is 1. The molecule has 3 rings (SSSR count). The molecular formula is C25H39NO3SSi. The summed E-state index contributed by atoms with van der Waals surface area (Å²) in [6.07, 6.45) is 7.31. The molecule has 0 spiro atoms. The Balaban J connectivity index is 2.00. The van der Waals surface area contributed by atoms with Gasteiger partial charge in [-0.05, 0) is 63.4 Å². The van der Waals surface area contributed by atoms with E-state index in [2.05, 4.69) is 52.9 Å². The lowest BCUT2D eigenvalue weighted by atomic mass is 9.86. The van der Waals surface area contributed by atoms with Crippen LogP contribution in [0.5, 0.6) is 0 Å². The van der Waals surface area contributed by atoms with Crippen LogP contribution in [0.1, 0.15) is 52.5 Å². The zero-order valence-electron chi connectivity index (χ0n) is 20.2. The molecule has 2 atom stereocenters. The molecule has 4 nitrogen and oxygen atoms in total. The van der Waals surface area contributed by atoms with Gasteiger partial charge in [-0.15, -0.1) is 0 Å². The largest absolute Gasteiger partial charge is 0.415 e. The van der Waals surface area contributed by atoms with Crippen molar-refractivity contribution in [1.29, 1.82) is 0 Å². The average molecular weight is 462 g/mol. The SMILES string of the molecule is C/C1=C2\CN(S(=O)(=O)c3ccc(C)cc3)[C@H](CO[Si](C)(C)C(C)(C)C)[C@H]2CC/C=C\C1. The van der Waals surface area contributed by atoms with Crippen LogP contribution in [-0.4, -0.2) is 40.2 Å². The first-order valence-corrected chi connectivity index (χ1v) is 15.8.